The Morgan fingerprint density at radius 2 is 2.00 bits per heavy atom. The Hall–Kier alpha value is -0.490. The average molecular weight is 296 g/mol. The van der Waals surface area contributed by atoms with E-state index in [0.29, 0.717) is 0 Å². The molecule has 0 aliphatic carbocycles. The van der Waals surface area contributed by atoms with Gasteiger partial charge in [-0.05, 0) is 26.9 Å². The summed E-state index contributed by atoms with van der Waals surface area (Å²) in [7, 11) is 2.20. The van der Waals surface area contributed by atoms with Gasteiger partial charge in [0, 0.05) is 37.6 Å². The van der Waals surface area contributed by atoms with Gasteiger partial charge in [-0.1, -0.05) is 13.3 Å². The molecule has 1 fully saturated rings. The smallest absolute Gasteiger partial charge is 0.107 e. The number of piperazine rings is 1. The van der Waals surface area contributed by atoms with E-state index in [4.69, 9.17) is 4.98 Å². The standard InChI is InChI=1S/C15H28N4S/c1-4-5-6-16-11-14-13(2)17-15(20-14)12-19-9-7-18(3)8-10-19/h16H,4-12H2,1-3H3. The molecular weight excluding hydrogens is 268 g/mol. The van der Waals surface area contributed by atoms with Crippen LogP contribution in [0.3, 0.4) is 0 Å². The van der Waals surface area contributed by atoms with E-state index in [-0.39, 0.29) is 0 Å². The van der Waals surface area contributed by atoms with Gasteiger partial charge in [-0.25, -0.2) is 4.98 Å². The maximum Gasteiger partial charge on any atom is 0.107 e. The number of likely N-dealkylation sites (N-methyl/N-ethyl adjacent to an activating group) is 1. The average Bonchev–Trinajstić information content (AvgIpc) is 2.78. The van der Waals surface area contributed by atoms with Crippen molar-refractivity contribution >= 4 is 11.3 Å². The van der Waals surface area contributed by atoms with E-state index in [9.17, 15) is 0 Å². The van der Waals surface area contributed by atoms with Gasteiger partial charge in [0.25, 0.3) is 0 Å². The fourth-order valence-electron chi connectivity index (χ4n) is 2.42. The van der Waals surface area contributed by atoms with Crippen LogP contribution in [0.5, 0.6) is 0 Å². The topological polar surface area (TPSA) is 31.4 Å². The number of nitrogens with one attached hydrogen (secondary N) is 1. The van der Waals surface area contributed by atoms with Crippen LogP contribution in [0.15, 0.2) is 0 Å². The van der Waals surface area contributed by atoms with Crippen LogP contribution in [0, 0.1) is 6.92 Å². The zero-order chi connectivity index (χ0) is 14.4. The molecule has 2 rings (SSSR count). The molecule has 4 nitrogen and oxygen atoms in total. The number of hydrogen-bond donors (Lipinski definition) is 1. The first-order chi connectivity index (χ1) is 9.69. The molecule has 5 heteroatoms. The predicted molar refractivity (Wildman–Crippen MR) is 86.2 cm³/mol. The van der Waals surface area contributed by atoms with Crippen LogP contribution in [0.25, 0.3) is 0 Å². The minimum absolute atomic E-state index is 0.978. The number of aryl methyl sites for hydroxylation is 1. The molecule has 1 aliphatic rings. The normalized spacial score (nSPS) is 17.8. The molecule has 0 aromatic carbocycles. The molecule has 0 bridgehead atoms. The summed E-state index contributed by atoms with van der Waals surface area (Å²) in [6, 6.07) is 0. The van der Waals surface area contributed by atoms with Gasteiger partial charge in [0.2, 0.25) is 0 Å². The van der Waals surface area contributed by atoms with Crippen LogP contribution in [-0.2, 0) is 13.1 Å². The number of aromatic nitrogens is 1. The minimum Gasteiger partial charge on any atom is -0.312 e. The summed E-state index contributed by atoms with van der Waals surface area (Å²) in [6.07, 6.45) is 2.51. The molecule has 1 saturated heterocycles. The van der Waals surface area contributed by atoms with Gasteiger partial charge >= 0.3 is 0 Å². The lowest BCUT2D eigenvalue weighted by Crippen LogP contribution is -2.43. The van der Waals surface area contributed by atoms with Crippen LogP contribution < -0.4 is 5.32 Å². The van der Waals surface area contributed by atoms with Gasteiger partial charge in [0.1, 0.15) is 5.01 Å². The molecule has 0 spiro atoms. The van der Waals surface area contributed by atoms with E-state index in [2.05, 4.69) is 36.0 Å². The Kier molecular flexibility index (Phi) is 6.42. The highest BCUT2D eigenvalue weighted by molar-refractivity contribution is 7.11. The van der Waals surface area contributed by atoms with E-state index >= 15 is 0 Å². The molecule has 2 heterocycles. The largest absolute Gasteiger partial charge is 0.312 e. The monoisotopic (exact) mass is 296 g/mol. The first-order valence-corrected chi connectivity index (χ1v) is 8.57. The fourth-order valence-corrected chi connectivity index (χ4v) is 3.50. The lowest BCUT2D eigenvalue weighted by atomic mass is 10.3. The highest BCUT2D eigenvalue weighted by Gasteiger charge is 2.16. The first-order valence-electron chi connectivity index (χ1n) is 7.76. The summed E-state index contributed by atoms with van der Waals surface area (Å²) in [5, 5.41) is 4.79. The first kappa shape index (κ1) is 15.9. The lowest BCUT2D eigenvalue weighted by Gasteiger charge is -2.31. The molecule has 0 radical (unpaired) electrons. The van der Waals surface area contributed by atoms with E-state index in [1.54, 1.807) is 0 Å². The van der Waals surface area contributed by atoms with E-state index < -0.39 is 0 Å². The third-order valence-corrected chi connectivity index (χ3v) is 5.03. The second-order valence-electron chi connectivity index (χ2n) is 5.73. The third-order valence-electron chi connectivity index (χ3n) is 3.88. The molecule has 0 atom stereocenters. The summed E-state index contributed by atoms with van der Waals surface area (Å²) in [6.45, 7) is 12.2. The van der Waals surface area contributed by atoms with Crippen LogP contribution in [0.4, 0.5) is 0 Å². The van der Waals surface area contributed by atoms with Crippen molar-refractivity contribution in [3.8, 4) is 0 Å². The van der Waals surface area contributed by atoms with E-state index in [1.807, 2.05) is 11.3 Å². The summed E-state index contributed by atoms with van der Waals surface area (Å²) in [5.74, 6) is 0. The Balaban J connectivity index is 1.80. The van der Waals surface area contributed by atoms with Crippen LogP contribution in [0.1, 0.15) is 35.3 Å². The van der Waals surface area contributed by atoms with E-state index in [1.165, 1.54) is 54.6 Å². The molecular formula is C15H28N4S. The van der Waals surface area contributed by atoms with Crippen LogP contribution >= 0.6 is 11.3 Å². The summed E-state index contributed by atoms with van der Waals surface area (Å²) < 4.78 is 0. The van der Waals surface area contributed by atoms with Crippen molar-refractivity contribution in [1.29, 1.82) is 0 Å². The fraction of sp³-hybridized carbons (Fsp3) is 0.800. The van der Waals surface area contributed by atoms with Gasteiger partial charge in [-0.2, -0.15) is 0 Å². The Bertz CT molecular complexity index is 397. The Morgan fingerprint density at radius 3 is 2.70 bits per heavy atom. The van der Waals surface area contributed by atoms with Crippen molar-refractivity contribution in [3.63, 3.8) is 0 Å². The summed E-state index contributed by atoms with van der Waals surface area (Å²) in [5.41, 5.74) is 1.21. The van der Waals surface area contributed by atoms with Crippen LogP contribution in [-0.4, -0.2) is 54.6 Å². The van der Waals surface area contributed by atoms with E-state index in [0.717, 1.165) is 19.6 Å². The number of unbranched alkanes of at least 4 members (excludes halogenated alkanes) is 1. The molecule has 1 aromatic heterocycles. The number of rotatable bonds is 7. The molecule has 0 unspecified atom stereocenters. The van der Waals surface area contributed by atoms with Crippen molar-refractivity contribution < 1.29 is 0 Å². The number of thiazole rings is 1. The highest BCUT2D eigenvalue weighted by Crippen LogP contribution is 2.20. The molecule has 1 N–H and O–H groups in total. The Labute approximate surface area is 127 Å². The minimum atomic E-state index is 0.978. The van der Waals surface area contributed by atoms with Crippen molar-refractivity contribution in [2.24, 2.45) is 0 Å². The van der Waals surface area contributed by atoms with Crippen molar-refractivity contribution in [2.45, 2.75) is 39.8 Å². The van der Waals surface area contributed by atoms with Gasteiger partial charge in [0.05, 0.1) is 12.2 Å². The number of hydrogen-bond acceptors (Lipinski definition) is 5. The molecule has 20 heavy (non-hydrogen) atoms. The maximum absolute atomic E-state index is 4.75. The number of nitrogens with zero attached hydrogens (tertiary/aromatic N) is 3. The zero-order valence-corrected chi connectivity index (χ0v) is 13.9. The highest BCUT2D eigenvalue weighted by atomic mass is 32.1. The van der Waals surface area contributed by atoms with Crippen LogP contribution in [0.2, 0.25) is 0 Å². The third kappa shape index (κ3) is 4.81. The maximum atomic E-state index is 4.75. The van der Waals surface area contributed by atoms with Gasteiger partial charge in [-0.15, -0.1) is 11.3 Å². The second kappa shape index (κ2) is 8.08. The lowest BCUT2D eigenvalue weighted by molar-refractivity contribution is 0.148. The molecule has 0 amide bonds. The quantitative estimate of drug-likeness (QED) is 0.781. The molecule has 0 saturated carbocycles. The SMILES string of the molecule is CCCCNCc1sc(CN2CCN(C)CC2)nc1C. The Morgan fingerprint density at radius 1 is 1.25 bits per heavy atom. The van der Waals surface area contributed by atoms with Gasteiger partial charge in [0.15, 0.2) is 0 Å². The predicted octanol–water partition coefficient (Wildman–Crippen LogP) is 2.09. The van der Waals surface area contributed by atoms with Gasteiger partial charge in [-0.3, -0.25) is 4.90 Å². The second-order valence-corrected chi connectivity index (χ2v) is 6.89. The molecule has 1 aromatic rings. The van der Waals surface area contributed by atoms with Crippen molar-refractivity contribution in [3.05, 3.63) is 15.6 Å². The zero-order valence-electron chi connectivity index (χ0n) is 13.1. The van der Waals surface area contributed by atoms with Crippen molar-refractivity contribution in [1.82, 2.24) is 20.1 Å². The molecule has 1 aliphatic heterocycles. The molecule has 114 valence electrons. The van der Waals surface area contributed by atoms with Gasteiger partial charge < -0.3 is 10.2 Å². The summed E-state index contributed by atoms with van der Waals surface area (Å²) >= 11 is 1.88. The van der Waals surface area contributed by atoms with Crippen molar-refractivity contribution in [2.75, 3.05) is 39.8 Å². The summed E-state index contributed by atoms with van der Waals surface area (Å²) in [4.78, 5) is 11.1.